The summed E-state index contributed by atoms with van der Waals surface area (Å²) in [6.07, 6.45) is 0.900. The molecule has 0 unspecified atom stereocenters. The summed E-state index contributed by atoms with van der Waals surface area (Å²) in [4.78, 5) is 30.3. The van der Waals surface area contributed by atoms with E-state index in [1.807, 2.05) is 36.9 Å². The minimum atomic E-state index is 0.104. The van der Waals surface area contributed by atoms with Crippen molar-refractivity contribution in [2.24, 2.45) is 0 Å². The van der Waals surface area contributed by atoms with E-state index in [2.05, 4.69) is 4.90 Å². The number of likely N-dealkylation sites (N-methyl/N-ethyl adjacent to an activating group) is 1. The molecule has 0 aromatic heterocycles. The lowest BCUT2D eigenvalue weighted by molar-refractivity contribution is -0.129. The normalized spacial score (nSPS) is 16.1. The van der Waals surface area contributed by atoms with Crippen LogP contribution < -0.4 is 0 Å². The van der Waals surface area contributed by atoms with Crippen LogP contribution in [0.5, 0.6) is 0 Å². The smallest absolute Gasteiger partial charge is 0.254 e. The molecule has 1 aliphatic rings. The zero-order chi connectivity index (χ0) is 17.0. The molecule has 1 aliphatic heterocycles. The molecule has 23 heavy (non-hydrogen) atoms. The van der Waals surface area contributed by atoms with Gasteiger partial charge in [0.2, 0.25) is 5.91 Å². The van der Waals surface area contributed by atoms with E-state index in [0.29, 0.717) is 13.1 Å². The second kappa shape index (κ2) is 7.59. The van der Waals surface area contributed by atoms with Crippen molar-refractivity contribution in [3.8, 4) is 0 Å². The number of aryl methyl sites for hydroxylation is 1. The quantitative estimate of drug-likeness (QED) is 0.849. The van der Waals surface area contributed by atoms with E-state index in [-0.39, 0.29) is 11.8 Å². The van der Waals surface area contributed by atoms with Gasteiger partial charge in [0.05, 0.1) is 6.54 Å². The van der Waals surface area contributed by atoms with Crippen LogP contribution in [0.1, 0.15) is 27.9 Å². The fourth-order valence-electron chi connectivity index (χ4n) is 2.82. The largest absolute Gasteiger partial charge is 0.348 e. The van der Waals surface area contributed by atoms with Crippen molar-refractivity contribution >= 4 is 11.8 Å². The van der Waals surface area contributed by atoms with E-state index in [1.54, 1.807) is 19.0 Å². The standard InChI is InChI=1S/C18H27N3O2/c1-14-7-5-8-16(15(14)2)18(23)21-10-6-9-20(11-12-21)13-17(22)19(3)4/h5,7-8H,6,9-13H2,1-4H3. The Labute approximate surface area is 138 Å². The van der Waals surface area contributed by atoms with E-state index in [4.69, 9.17) is 0 Å². The van der Waals surface area contributed by atoms with E-state index in [9.17, 15) is 9.59 Å². The molecule has 0 atom stereocenters. The number of amides is 2. The van der Waals surface area contributed by atoms with Gasteiger partial charge in [-0.05, 0) is 37.5 Å². The molecule has 0 N–H and O–H groups in total. The van der Waals surface area contributed by atoms with Crippen LogP contribution in [0.25, 0.3) is 0 Å². The van der Waals surface area contributed by atoms with Crippen LogP contribution in [0.15, 0.2) is 18.2 Å². The van der Waals surface area contributed by atoms with E-state index in [0.717, 1.165) is 42.7 Å². The lowest BCUT2D eigenvalue weighted by Gasteiger charge is -2.23. The minimum absolute atomic E-state index is 0.104. The van der Waals surface area contributed by atoms with Crippen molar-refractivity contribution in [1.82, 2.24) is 14.7 Å². The molecule has 0 saturated carbocycles. The Bertz CT molecular complexity index is 584. The predicted molar refractivity (Wildman–Crippen MR) is 91.6 cm³/mol. The van der Waals surface area contributed by atoms with Gasteiger partial charge >= 0.3 is 0 Å². The first-order valence-electron chi connectivity index (χ1n) is 8.18. The van der Waals surface area contributed by atoms with Gasteiger partial charge in [0, 0.05) is 45.8 Å². The van der Waals surface area contributed by atoms with Crippen molar-refractivity contribution in [3.63, 3.8) is 0 Å². The second-order valence-electron chi connectivity index (χ2n) is 6.46. The van der Waals surface area contributed by atoms with Gasteiger partial charge in [0.15, 0.2) is 0 Å². The number of rotatable bonds is 3. The maximum absolute atomic E-state index is 12.8. The summed E-state index contributed by atoms with van der Waals surface area (Å²) < 4.78 is 0. The summed E-state index contributed by atoms with van der Waals surface area (Å²) in [6, 6.07) is 5.88. The van der Waals surface area contributed by atoms with Crippen LogP contribution in [-0.2, 0) is 4.79 Å². The van der Waals surface area contributed by atoms with Gasteiger partial charge in [-0.25, -0.2) is 0 Å². The van der Waals surface area contributed by atoms with Gasteiger partial charge in [-0.15, -0.1) is 0 Å². The monoisotopic (exact) mass is 317 g/mol. The lowest BCUT2D eigenvalue weighted by Crippen LogP contribution is -2.39. The molecule has 1 fully saturated rings. The first-order chi connectivity index (χ1) is 10.9. The molecule has 5 nitrogen and oxygen atoms in total. The topological polar surface area (TPSA) is 43.9 Å². The predicted octanol–water partition coefficient (Wildman–Crippen LogP) is 1.54. The molecule has 0 spiro atoms. The fraction of sp³-hybridized carbons (Fsp3) is 0.556. The Balaban J connectivity index is 2.01. The van der Waals surface area contributed by atoms with Crippen molar-refractivity contribution in [2.75, 3.05) is 46.8 Å². The maximum atomic E-state index is 12.8. The number of benzene rings is 1. The number of carbonyl (C=O) groups is 2. The van der Waals surface area contributed by atoms with Gasteiger partial charge in [-0.3, -0.25) is 14.5 Å². The van der Waals surface area contributed by atoms with Crippen LogP contribution in [0.4, 0.5) is 0 Å². The zero-order valence-corrected chi connectivity index (χ0v) is 14.6. The summed E-state index contributed by atoms with van der Waals surface area (Å²) in [7, 11) is 3.55. The van der Waals surface area contributed by atoms with Crippen LogP contribution in [0.2, 0.25) is 0 Å². The second-order valence-corrected chi connectivity index (χ2v) is 6.46. The average Bonchev–Trinajstić information content (AvgIpc) is 2.75. The summed E-state index contributed by atoms with van der Waals surface area (Å²) in [5, 5.41) is 0. The molecule has 0 radical (unpaired) electrons. The molecule has 0 bridgehead atoms. The van der Waals surface area contributed by atoms with Crippen molar-refractivity contribution in [1.29, 1.82) is 0 Å². The Morgan fingerprint density at radius 3 is 2.52 bits per heavy atom. The number of carbonyl (C=O) groups excluding carboxylic acids is 2. The molecule has 1 aromatic rings. The van der Waals surface area contributed by atoms with Crippen LogP contribution in [0, 0.1) is 13.8 Å². The molecule has 1 aromatic carbocycles. The van der Waals surface area contributed by atoms with Crippen LogP contribution in [-0.4, -0.2) is 73.3 Å². The molecular formula is C18H27N3O2. The number of hydrogen-bond donors (Lipinski definition) is 0. The summed E-state index contributed by atoms with van der Waals surface area (Å²) >= 11 is 0. The molecule has 2 amide bonds. The van der Waals surface area contributed by atoms with Gasteiger partial charge in [0.1, 0.15) is 0 Å². The van der Waals surface area contributed by atoms with E-state index < -0.39 is 0 Å². The maximum Gasteiger partial charge on any atom is 0.254 e. The molecule has 126 valence electrons. The van der Waals surface area contributed by atoms with Crippen molar-refractivity contribution in [2.45, 2.75) is 20.3 Å². The molecular weight excluding hydrogens is 290 g/mol. The Morgan fingerprint density at radius 1 is 1.09 bits per heavy atom. The molecule has 2 rings (SSSR count). The third-order valence-electron chi connectivity index (χ3n) is 4.57. The van der Waals surface area contributed by atoms with E-state index >= 15 is 0 Å². The number of hydrogen-bond acceptors (Lipinski definition) is 3. The van der Waals surface area contributed by atoms with Gasteiger partial charge < -0.3 is 9.80 Å². The third-order valence-corrected chi connectivity index (χ3v) is 4.57. The first kappa shape index (κ1) is 17.5. The van der Waals surface area contributed by atoms with E-state index in [1.165, 1.54) is 0 Å². The highest BCUT2D eigenvalue weighted by Crippen LogP contribution is 2.16. The number of nitrogens with zero attached hydrogens (tertiary/aromatic N) is 3. The molecule has 0 aliphatic carbocycles. The zero-order valence-electron chi connectivity index (χ0n) is 14.6. The highest BCUT2D eigenvalue weighted by Gasteiger charge is 2.22. The highest BCUT2D eigenvalue weighted by molar-refractivity contribution is 5.96. The summed E-state index contributed by atoms with van der Waals surface area (Å²) in [5.74, 6) is 0.214. The first-order valence-corrected chi connectivity index (χ1v) is 8.18. The summed E-state index contributed by atoms with van der Waals surface area (Å²) in [6.45, 7) is 7.49. The van der Waals surface area contributed by atoms with Gasteiger partial charge in [-0.2, -0.15) is 0 Å². The highest BCUT2D eigenvalue weighted by atomic mass is 16.2. The van der Waals surface area contributed by atoms with Crippen LogP contribution in [0.3, 0.4) is 0 Å². The summed E-state index contributed by atoms with van der Waals surface area (Å²) in [5.41, 5.74) is 2.99. The minimum Gasteiger partial charge on any atom is -0.348 e. The molecule has 1 saturated heterocycles. The van der Waals surface area contributed by atoms with Crippen molar-refractivity contribution < 1.29 is 9.59 Å². The Kier molecular flexibility index (Phi) is 5.77. The third kappa shape index (κ3) is 4.32. The lowest BCUT2D eigenvalue weighted by atomic mass is 10.0. The molecule has 5 heteroatoms. The Morgan fingerprint density at radius 2 is 1.83 bits per heavy atom. The van der Waals surface area contributed by atoms with Crippen molar-refractivity contribution in [3.05, 3.63) is 34.9 Å². The SMILES string of the molecule is Cc1cccc(C(=O)N2CCCN(CC(=O)N(C)C)CC2)c1C. The average molecular weight is 317 g/mol. The van der Waals surface area contributed by atoms with Crippen LogP contribution >= 0.6 is 0 Å². The van der Waals surface area contributed by atoms with Gasteiger partial charge in [0.25, 0.3) is 5.91 Å². The molecule has 1 heterocycles. The van der Waals surface area contributed by atoms with Gasteiger partial charge in [-0.1, -0.05) is 12.1 Å². The Hall–Kier alpha value is -1.88. The fourth-order valence-corrected chi connectivity index (χ4v) is 2.82.